The number of aromatic amines is 1. The molecule has 0 bridgehead atoms. The van der Waals surface area contributed by atoms with E-state index in [1.54, 1.807) is 29.2 Å². The summed E-state index contributed by atoms with van der Waals surface area (Å²) in [5, 5.41) is 17.6. The molecule has 2 aliphatic heterocycles. The number of phenolic OH excluding ortho intramolecular Hbond substituents is 1. The molecule has 7 nitrogen and oxygen atoms in total. The number of halogens is 1. The first-order valence-corrected chi connectivity index (χ1v) is 12.1. The number of phenols is 1. The number of hydrogen-bond acceptors (Lipinski definition) is 5. The van der Waals surface area contributed by atoms with Crippen LogP contribution >= 0.6 is 15.9 Å². The lowest BCUT2D eigenvalue weighted by atomic mass is 9.95. The lowest BCUT2D eigenvalue weighted by Gasteiger charge is -2.31. The monoisotopic (exact) mass is 487 g/mol. The van der Waals surface area contributed by atoms with Crippen molar-refractivity contribution in [3.63, 3.8) is 0 Å². The van der Waals surface area contributed by atoms with Crippen molar-refractivity contribution < 1.29 is 18.3 Å². The van der Waals surface area contributed by atoms with Gasteiger partial charge in [-0.05, 0) is 36.2 Å². The zero-order valence-corrected chi connectivity index (χ0v) is 18.1. The van der Waals surface area contributed by atoms with E-state index in [4.69, 9.17) is 0 Å². The Bertz CT molecular complexity index is 1250. The van der Waals surface area contributed by atoms with E-state index in [0.29, 0.717) is 28.9 Å². The Hall–Kier alpha value is -2.65. The molecule has 9 heteroatoms. The highest BCUT2D eigenvalue weighted by molar-refractivity contribution is 9.10. The largest absolute Gasteiger partial charge is 0.507 e. The molecular weight excluding hydrogens is 470 g/mol. The lowest BCUT2D eigenvalue weighted by molar-refractivity contribution is 0.0677. The SMILES string of the molecule is O=C1c2[nH]nc(-c3ccccc3O)c2C(c2ccc(Br)cc2)N1C1CCS(=O)(=O)C1. The number of rotatable bonds is 3. The summed E-state index contributed by atoms with van der Waals surface area (Å²) in [6.45, 7) is 0. The molecule has 1 aromatic heterocycles. The van der Waals surface area contributed by atoms with Crippen LogP contribution in [0.25, 0.3) is 11.3 Å². The van der Waals surface area contributed by atoms with E-state index in [0.717, 1.165) is 10.0 Å². The first kappa shape index (κ1) is 19.3. The second-order valence-electron chi connectivity index (χ2n) is 7.60. The number of H-pyrrole nitrogens is 1. The number of hydrogen-bond donors (Lipinski definition) is 2. The quantitative estimate of drug-likeness (QED) is 0.589. The summed E-state index contributed by atoms with van der Waals surface area (Å²) in [5.74, 6) is -0.174. The van der Waals surface area contributed by atoms with Crippen molar-refractivity contribution in [3.8, 4) is 17.0 Å². The number of carbonyl (C=O) groups is 1. The molecule has 3 heterocycles. The van der Waals surface area contributed by atoms with Gasteiger partial charge < -0.3 is 10.0 Å². The van der Waals surface area contributed by atoms with Crippen LogP contribution in [0.4, 0.5) is 0 Å². The number of carbonyl (C=O) groups excluding carboxylic acids is 1. The molecule has 5 rings (SSSR count). The Morgan fingerprint density at radius 2 is 1.87 bits per heavy atom. The fraction of sp³-hybridized carbons (Fsp3) is 0.238. The minimum Gasteiger partial charge on any atom is -0.507 e. The van der Waals surface area contributed by atoms with Crippen LogP contribution in [-0.4, -0.2) is 52.1 Å². The summed E-state index contributed by atoms with van der Waals surface area (Å²) >= 11 is 3.44. The van der Waals surface area contributed by atoms with Crippen LogP contribution in [0, 0.1) is 0 Å². The second kappa shape index (κ2) is 6.95. The lowest BCUT2D eigenvalue weighted by Crippen LogP contribution is -2.40. The molecule has 154 valence electrons. The van der Waals surface area contributed by atoms with Crippen LogP contribution in [-0.2, 0) is 9.84 Å². The zero-order valence-electron chi connectivity index (χ0n) is 15.7. The Labute approximate surface area is 181 Å². The Balaban J connectivity index is 1.69. The predicted molar refractivity (Wildman–Crippen MR) is 115 cm³/mol. The topological polar surface area (TPSA) is 103 Å². The van der Waals surface area contributed by atoms with Gasteiger partial charge >= 0.3 is 0 Å². The van der Waals surface area contributed by atoms with E-state index in [-0.39, 0.29) is 23.2 Å². The number of amides is 1. The van der Waals surface area contributed by atoms with E-state index in [1.165, 1.54) is 0 Å². The number of nitrogens with one attached hydrogen (secondary N) is 1. The van der Waals surface area contributed by atoms with Gasteiger partial charge in [-0.3, -0.25) is 9.89 Å². The van der Waals surface area contributed by atoms with Crippen LogP contribution in [0.3, 0.4) is 0 Å². The molecular formula is C21H18BrN3O4S. The molecule has 1 fully saturated rings. The highest BCUT2D eigenvalue weighted by Crippen LogP contribution is 2.46. The zero-order chi connectivity index (χ0) is 21.0. The van der Waals surface area contributed by atoms with Crippen molar-refractivity contribution in [2.45, 2.75) is 18.5 Å². The van der Waals surface area contributed by atoms with Gasteiger partial charge in [0.05, 0.1) is 17.5 Å². The third kappa shape index (κ3) is 3.04. The van der Waals surface area contributed by atoms with Gasteiger partial charge in [0.2, 0.25) is 0 Å². The van der Waals surface area contributed by atoms with Crippen LogP contribution in [0.2, 0.25) is 0 Å². The van der Waals surface area contributed by atoms with Crippen molar-refractivity contribution in [3.05, 3.63) is 69.8 Å². The normalized spacial score (nSPS) is 22.4. The Kier molecular flexibility index (Phi) is 4.48. The minimum atomic E-state index is -3.18. The Morgan fingerprint density at radius 1 is 1.13 bits per heavy atom. The first-order chi connectivity index (χ1) is 14.4. The Morgan fingerprint density at radius 3 is 2.53 bits per heavy atom. The highest BCUT2D eigenvalue weighted by Gasteiger charge is 2.48. The molecule has 30 heavy (non-hydrogen) atoms. The van der Waals surface area contributed by atoms with Gasteiger partial charge in [-0.25, -0.2) is 8.42 Å². The number of aromatic nitrogens is 2. The molecule has 1 saturated heterocycles. The van der Waals surface area contributed by atoms with Gasteiger partial charge in [0.15, 0.2) is 9.84 Å². The maximum Gasteiger partial charge on any atom is 0.273 e. The van der Waals surface area contributed by atoms with Gasteiger partial charge in [0.25, 0.3) is 5.91 Å². The van der Waals surface area contributed by atoms with Crippen molar-refractivity contribution in [1.29, 1.82) is 0 Å². The number of nitrogens with zero attached hydrogens (tertiary/aromatic N) is 2. The van der Waals surface area contributed by atoms with Crippen molar-refractivity contribution in [2.24, 2.45) is 0 Å². The van der Waals surface area contributed by atoms with Crippen LogP contribution in [0.5, 0.6) is 5.75 Å². The molecule has 2 unspecified atom stereocenters. The van der Waals surface area contributed by atoms with E-state index < -0.39 is 21.9 Å². The fourth-order valence-corrected chi connectivity index (χ4v) is 6.36. The number of benzene rings is 2. The van der Waals surface area contributed by atoms with Crippen molar-refractivity contribution >= 4 is 31.7 Å². The molecule has 3 aromatic rings. The van der Waals surface area contributed by atoms with E-state index in [9.17, 15) is 18.3 Å². The van der Waals surface area contributed by atoms with Gasteiger partial charge in [-0.1, -0.05) is 40.2 Å². The van der Waals surface area contributed by atoms with Gasteiger partial charge in [0.1, 0.15) is 17.1 Å². The number of aromatic hydroxyl groups is 1. The summed E-state index contributed by atoms with van der Waals surface area (Å²) in [4.78, 5) is 15.0. The maximum absolute atomic E-state index is 13.4. The minimum absolute atomic E-state index is 0.0462. The van der Waals surface area contributed by atoms with Gasteiger partial charge in [-0.15, -0.1) is 0 Å². The molecule has 0 spiro atoms. The average molecular weight is 488 g/mol. The summed E-state index contributed by atoms with van der Waals surface area (Å²) in [7, 11) is -3.18. The molecule has 2 atom stereocenters. The molecule has 2 N–H and O–H groups in total. The third-order valence-corrected chi connectivity index (χ3v) is 8.03. The van der Waals surface area contributed by atoms with Crippen molar-refractivity contribution in [2.75, 3.05) is 11.5 Å². The van der Waals surface area contributed by atoms with E-state index in [2.05, 4.69) is 26.1 Å². The van der Waals surface area contributed by atoms with Crippen molar-refractivity contribution in [1.82, 2.24) is 15.1 Å². The summed E-state index contributed by atoms with van der Waals surface area (Å²) in [6, 6.07) is 13.5. The summed E-state index contributed by atoms with van der Waals surface area (Å²) < 4.78 is 25.2. The third-order valence-electron chi connectivity index (χ3n) is 5.75. The molecule has 1 amide bonds. The smallest absolute Gasteiger partial charge is 0.273 e. The molecule has 2 aliphatic rings. The molecule has 2 aromatic carbocycles. The number of fused-ring (bicyclic) bond motifs is 1. The van der Waals surface area contributed by atoms with E-state index >= 15 is 0 Å². The second-order valence-corrected chi connectivity index (χ2v) is 10.7. The van der Waals surface area contributed by atoms with Crippen LogP contribution in [0.15, 0.2) is 53.0 Å². The van der Waals surface area contributed by atoms with Gasteiger partial charge in [-0.2, -0.15) is 5.10 Å². The highest BCUT2D eigenvalue weighted by atomic mass is 79.9. The first-order valence-electron chi connectivity index (χ1n) is 9.51. The van der Waals surface area contributed by atoms with Crippen LogP contribution < -0.4 is 0 Å². The molecule has 0 radical (unpaired) electrons. The number of para-hydroxylation sites is 1. The van der Waals surface area contributed by atoms with Gasteiger partial charge in [0, 0.05) is 21.6 Å². The predicted octanol–water partition coefficient (Wildman–Crippen LogP) is 3.28. The summed E-state index contributed by atoms with van der Waals surface area (Å²) in [5.41, 5.74) is 2.87. The van der Waals surface area contributed by atoms with Crippen LogP contribution in [0.1, 0.15) is 34.1 Å². The maximum atomic E-state index is 13.4. The standard InChI is InChI=1S/C21H18BrN3O4S/c22-13-7-5-12(6-8-13)20-17-18(15-3-1-2-4-16(15)26)23-24-19(17)21(27)25(20)14-9-10-30(28,29)11-14/h1-8,14,20,26H,9-11H2,(H,23,24). The van der Waals surface area contributed by atoms with E-state index in [1.807, 2.05) is 24.3 Å². The summed E-state index contributed by atoms with van der Waals surface area (Å²) in [6.07, 6.45) is 0.407. The average Bonchev–Trinajstić information content (AvgIpc) is 3.37. The number of sulfone groups is 1. The molecule has 0 aliphatic carbocycles. The molecule has 0 saturated carbocycles. The fourth-order valence-electron chi connectivity index (χ4n) is 4.39.